The van der Waals surface area contributed by atoms with E-state index in [0.29, 0.717) is 0 Å². The molecule has 0 aromatic heterocycles. The second kappa shape index (κ2) is 31.6. The fourth-order valence-corrected chi connectivity index (χ4v) is 4.68. The largest absolute Gasteiger partial charge is 0.323 e. The van der Waals surface area contributed by atoms with Gasteiger partial charge in [0.25, 0.3) is 0 Å². The fourth-order valence-electron chi connectivity index (χ4n) is 4.03. The fraction of sp³-hybridized carbons (Fsp3) is 1.00. The van der Waals surface area contributed by atoms with Gasteiger partial charge in [-0.1, -0.05) is 165 Å². The zero-order valence-electron chi connectivity index (χ0n) is 21.7. The van der Waals surface area contributed by atoms with E-state index in [-0.39, 0.29) is 0 Å². The number of rotatable bonds is 23. The Labute approximate surface area is 201 Å². The van der Waals surface area contributed by atoms with E-state index >= 15 is 0 Å². The average Bonchev–Trinajstić information content (AvgIpc) is 2.74. The molecule has 0 aliphatic carbocycles. The van der Waals surface area contributed by atoms with Gasteiger partial charge >= 0.3 is 0 Å². The molecule has 2 heteroatoms. The predicted molar refractivity (Wildman–Crippen MR) is 145 cm³/mol. The van der Waals surface area contributed by atoms with Gasteiger partial charge in [0.2, 0.25) is 0 Å². The highest BCUT2D eigenvalue weighted by Crippen LogP contribution is 2.20. The van der Waals surface area contributed by atoms with Crippen molar-refractivity contribution in [2.45, 2.75) is 166 Å². The summed E-state index contributed by atoms with van der Waals surface area (Å²) in [6.07, 6.45) is 33.3. The highest BCUT2D eigenvalue weighted by atomic mass is 79.9. The molecule has 184 valence electrons. The van der Waals surface area contributed by atoms with Crippen LogP contribution in [-0.4, -0.2) is 18.9 Å². The topological polar surface area (TPSA) is 12.0 Å². The third-order valence-corrected chi connectivity index (χ3v) is 6.91. The van der Waals surface area contributed by atoms with Gasteiger partial charge in [0.15, 0.2) is 0 Å². The number of unbranched alkanes of at least 4 members (excludes halogenated alkanes) is 19. The normalized spacial score (nSPS) is 11.9. The van der Waals surface area contributed by atoms with Crippen LogP contribution in [0.15, 0.2) is 0 Å². The molecule has 0 aliphatic rings. The molecule has 0 fully saturated rings. The summed E-state index contributed by atoms with van der Waals surface area (Å²) < 4.78 is 0. The van der Waals surface area contributed by atoms with Crippen LogP contribution in [0.4, 0.5) is 0 Å². The Morgan fingerprint density at radius 2 is 0.633 bits per heavy atom. The van der Waals surface area contributed by atoms with Crippen LogP contribution in [0.5, 0.6) is 0 Å². The van der Waals surface area contributed by atoms with Gasteiger partial charge in [0.05, 0.1) is 0 Å². The smallest absolute Gasteiger partial charge is 0.0145 e. The van der Waals surface area contributed by atoms with Gasteiger partial charge in [-0.2, -0.15) is 0 Å². The lowest BCUT2D eigenvalue weighted by atomic mass is 10.0. The Morgan fingerprint density at radius 1 is 0.433 bits per heavy atom. The van der Waals surface area contributed by atoms with Crippen LogP contribution < -0.4 is 5.32 Å². The number of hydrogen-bond donors (Lipinski definition) is 1. The quantitative estimate of drug-likeness (QED) is 0.111. The molecule has 1 atom stereocenters. The van der Waals surface area contributed by atoms with Gasteiger partial charge in [-0.3, -0.25) is 0 Å². The highest BCUT2D eigenvalue weighted by Gasteiger charge is 2.03. The molecule has 0 aromatic rings. The lowest BCUT2D eigenvalue weighted by molar-refractivity contribution is 0.524. The van der Waals surface area contributed by atoms with Crippen LogP contribution in [0.2, 0.25) is 0 Å². The average molecular weight is 491 g/mol. The highest BCUT2D eigenvalue weighted by molar-refractivity contribution is 9.09. The van der Waals surface area contributed by atoms with Gasteiger partial charge in [0.1, 0.15) is 0 Å². The summed E-state index contributed by atoms with van der Waals surface area (Å²) in [6, 6.07) is 0. The van der Waals surface area contributed by atoms with Crippen molar-refractivity contribution in [2.75, 3.05) is 14.1 Å². The first-order chi connectivity index (χ1) is 14.7. The van der Waals surface area contributed by atoms with Crippen molar-refractivity contribution in [2.24, 2.45) is 0 Å². The molecule has 1 N–H and O–H groups in total. The van der Waals surface area contributed by atoms with E-state index in [0.717, 1.165) is 4.83 Å². The van der Waals surface area contributed by atoms with Gasteiger partial charge in [0, 0.05) is 4.83 Å². The molecule has 0 aromatic carbocycles. The van der Waals surface area contributed by atoms with Gasteiger partial charge < -0.3 is 5.32 Å². The summed E-state index contributed by atoms with van der Waals surface area (Å²) in [7, 11) is 3.75. The second-order valence-corrected chi connectivity index (χ2v) is 10.7. The zero-order chi connectivity index (χ0) is 22.5. The van der Waals surface area contributed by atoms with Gasteiger partial charge in [-0.15, -0.1) is 0 Å². The molecule has 0 spiro atoms. The van der Waals surface area contributed by atoms with E-state index in [9.17, 15) is 0 Å². The summed E-state index contributed by atoms with van der Waals surface area (Å²) >= 11 is 3.92. The summed E-state index contributed by atoms with van der Waals surface area (Å²) in [6.45, 7) is 4.60. The molecule has 0 radical (unpaired) electrons. The molecule has 1 unspecified atom stereocenters. The molecule has 0 amide bonds. The molecule has 0 saturated carbocycles. The van der Waals surface area contributed by atoms with Crippen LogP contribution in [0.1, 0.15) is 162 Å². The molecule has 30 heavy (non-hydrogen) atoms. The van der Waals surface area contributed by atoms with E-state index in [1.54, 1.807) is 0 Å². The summed E-state index contributed by atoms with van der Waals surface area (Å²) in [5.74, 6) is 0. The van der Waals surface area contributed by atoms with Crippen molar-refractivity contribution in [3.05, 3.63) is 0 Å². The van der Waals surface area contributed by atoms with Crippen molar-refractivity contribution in [3.63, 3.8) is 0 Å². The third kappa shape index (κ3) is 33.1. The molecule has 0 aliphatic heterocycles. The van der Waals surface area contributed by atoms with Crippen LogP contribution in [0.25, 0.3) is 0 Å². The van der Waals surface area contributed by atoms with Crippen LogP contribution in [-0.2, 0) is 0 Å². The Hall–Kier alpha value is 0.440. The van der Waals surface area contributed by atoms with Crippen molar-refractivity contribution < 1.29 is 0 Å². The molecule has 0 rings (SSSR count). The molecule has 0 heterocycles. The lowest BCUT2D eigenvalue weighted by Gasteiger charge is -2.09. The van der Waals surface area contributed by atoms with Crippen molar-refractivity contribution in [1.29, 1.82) is 0 Å². The van der Waals surface area contributed by atoms with Crippen molar-refractivity contribution in [3.8, 4) is 0 Å². The number of halogens is 1. The monoisotopic (exact) mass is 489 g/mol. The maximum Gasteiger partial charge on any atom is 0.0145 e. The third-order valence-electron chi connectivity index (χ3n) is 5.99. The first-order valence-electron chi connectivity index (χ1n) is 13.9. The maximum absolute atomic E-state index is 3.92. The Kier molecular flexibility index (Phi) is 34.4. The van der Waals surface area contributed by atoms with Gasteiger partial charge in [-0.05, 0) is 26.9 Å². The summed E-state index contributed by atoms with van der Waals surface area (Å²) in [4.78, 5) is 0.783. The van der Waals surface area contributed by atoms with E-state index in [1.807, 2.05) is 14.1 Å². The minimum Gasteiger partial charge on any atom is -0.323 e. The number of nitrogens with one attached hydrogen (secondary N) is 1. The van der Waals surface area contributed by atoms with Crippen LogP contribution >= 0.6 is 15.9 Å². The van der Waals surface area contributed by atoms with E-state index in [1.165, 1.54) is 148 Å². The molecule has 1 nitrogen and oxygen atoms in total. The van der Waals surface area contributed by atoms with E-state index in [2.05, 4.69) is 35.1 Å². The SMILES string of the molecule is CCCCCCCCCCCCCCC(Br)CCCCCCCCCCC.CNC. The standard InChI is InChI=1S/C26H53Br.C2H7N/c1-3-5-7-9-11-13-14-15-17-19-21-23-25-26(27)24-22-20-18-16-12-10-8-6-4-2;1-3-2/h26H,3-25H2,1-2H3;3H,1-2H3. The Balaban J connectivity index is 0. The zero-order valence-corrected chi connectivity index (χ0v) is 23.3. The lowest BCUT2D eigenvalue weighted by Crippen LogP contribution is -1.97. The van der Waals surface area contributed by atoms with Crippen molar-refractivity contribution in [1.82, 2.24) is 5.32 Å². The Morgan fingerprint density at radius 3 is 0.867 bits per heavy atom. The van der Waals surface area contributed by atoms with E-state index < -0.39 is 0 Å². The number of hydrogen-bond acceptors (Lipinski definition) is 1. The number of alkyl halides is 1. The second-order valence-electron chi connectivity index (χ2n) is 9.39. The van der Waals surface area contributed by atoms with E-state index in [4.69, 9.17) is 0 Å². The maximum atomic E-state index is 3.92. The predicted octanol–water partition coefficient (Wildman–Crippen LogP) is 10.6. The summed E-state index contributed by atoms with van der Waals surface area (Å²) in [5, 5.41) is 2.75. The minimum absolute atomic E-state index is 0.783. The molecule has 0 bridgehead atoms. The summed E-state index contributed by atoms with van der Waals surface area (Å²) in [5.41, 5.74) is 0. The van der Waals surface area contributed by atoms with Crippen LogP contribution in [0.3, 0.4) is 0 Å². The first-order valence-corrected chi connectivity index (χ1v) is 14.9. The molecule has 0 saturated heterocycles. The molecular formula is C28H60BrN. The van der Waals surface area contributed by atoms with Crippen LogP contribution in [0, 0.1) is 0 Å². The Bertz CT molecular complexity index is 269. The molecular weight excluding hydrogens is 430 g/mol. The minimum atomic E-state index is 0.783. The van der Waals surface area contributed by atoms with Crippen molar-refractivity contribution >= 4 is 15.9 Å². The van der Waals surface area contributed by atoms with Gasteiger partial charge in [-0.25, -0.2) is 0 Å². The first kappa shape index (κ1) is 32.6.